The van der Waals surface area contributed by atoms with E-state index in [1.54, 1.807) is 18.2 Å². The third-order valence-corrected chi connectivity index (χ3v) is 5.69. The summed E-state index contributed by atoms with van der Waals surface area (Å²) in [5, 5.41) is 21.4. The minimum absolute atomic E-state index is 0.0112. The van der Waals surface area contributed by atoms with Crippen LogP contribution in [0, 0.1) is 5.82 Å². The van der Waals surface area contributed by atoms with Crippen molar-refractivity contribution in [3.63, 3.8) is 0 Å². The zero-order valence-corrected chi connectivity index (χ0v) is 17.9. The fourth-order valence-electron chi connectivity index (χ4n) is 3.93. The molecule has 0 spiro atoms. The van der Waals surface area contributed by atoms with Gasteiger partial charge in [0.2, 0.25) is 0 Å². The molecule has 0 amide bonds. The van der Waals surface area contributed by atoms with Gasteiger partial charge < -0.3 is 14.9 Å². The van der Waals surface area contributed by atoms with Gasteiger partial charge in [-0.2, -0.15) is 0 Å². The molecule has 1 heterocycles. The summed E-state index contributed by atoms with van der Waals surface area (Å²) < 4.78 is 18.2. The highest BCUT2D eigenvalue weighted by molar-refractivity contribution is 5.99. The van der Waals surface area contributed by atoms with Crippen molar-refractivity contribution in [2.24, 2.45) is 0 Å². The monoisotopic (exact) mass is 435 g/mol. The first-order chi connectivity index (χ1) is 15.5. The van der Waals surface area contributed by atoms with Crippen LogP contribution in [0.1, 0.15) is 42.9 Å². The minimum Gasteiger partial charge on any atom is -0.469 e. The Morgan fingerprint density at radius 2 is 1.91 bits per heavy atom. The van der Waals surface area contributed by atoms with Crippen molar-refractivity contribution in [2.75, 3.05) is 7.11 Å². The quantitative estimate of drug-likeness (QED) is 0.505. The number of hydrogen-bond acceptors (Lipinski definition) is 5. The van der Waals surface area contributed by atoms with Crippen molar-refractivity contribution < 1.29 is 24.1 Å². The second-order valence-corrected chi connectivity index (χ2v) is 8.18. The molecular weight excluding hydrogens is 409 g/mol. The Hall–Kier alpha value is -3.09. The van der Waals surface area contributed by atoms with Gasteiger partial charge in [-0.25, -0.2) is 4.39 Å². The first-order valence-electron chi connectivity index (χ1n) is 10.8. The molecule has 0 bridgehead atoms. The number of halogens is 1. The first kappa shape index (κ1) is 22.1. The predicted molar refractivity (Wildman–Crippen MR) is 121 cm³/mol. The molecule has 1 aromatic heterocycles. The highest BCUT2D eigenvalue weighted by Crippen LogP contribution is 2.45. The highest BCUT2D eigenvalue weighted by Gasteiger charge is 2.29. The van der Waals surface area contributed by atoms with E-state index in [0.717, 1.165) is 46.1 Å². The van der Waals surface area contributed by atoms with Gasteiger partial charge in [0.15, 0.2) is 0 Å². The van der Waals surface area contributed by atoms with E-state index in [0.29, 0.717) is 5.92 Å². The van der Waals surface area contributed by atoms with Crippen LogP contribution in [-0.2, 0) is 9.53 Å². The third kappa shape index (κ3) is 5.03. The molecule has 1 saturated carbocycles. The summed E-state index contributed by atoms with van der Waals surface area (Å²) in [7, 11) is 1.26. The van der Waals surface area contributed by atoms with Gasteiger partial charge in [0.1, 0.15) is 5.82 Å². The van der Waals surface area contributed by atoms with E-state index in [1.165, 1.54) is 19.2 Å². The summed E-state index contributed by atoms with van der Waals surface area (Å²) in [5.41, 5.74) is 4.53. The van der Waals surface area contributed by atoms with Crippen molar-refractivity contribution >= 4 is 22.9 Å². The Balaban J connectivity index is 1.75. The smallest absolute Gasteiger partial charge is 0.308 e. The van der Waals surface area contributed by atoms with Crippen LogP contribution >= 0.6 is 0 Å². The Morgan fingerprint density at radius 1 is 1.19 bits per heavy atom. The number of pyridine rings is 1. The summed E-state index contributed by atoms with van der Waals surface area (Å²) in [5.74, 6) is -0.482. The molecule has 2 atom stereocenters. The maximum absolute atomic E-state index is 13.6. The van der Waals surface area contributed by atoms with Crippen LogP contribution in [0.2, 0.25) is 0 Å². The summed E-state index contributed by atoms with van der Waals surface area (Å²) >= 11 is 0. The Labute approximate surface area is 186 Å². The van der Waals surface area contributed by atoms with E-state index in [2.05, 4.69) is 4.74 Å². The molecule has 1 aliphatic carbocycles. The molecule has 2 aromatic carbocycles. The van der Waals surface area contributed by atoms with Crippen LogP contribution < -0.4 is 0 Å². The lowest BCUT2D eigenvalue weighted by atomic mass is 9.92. The number of methoxy groups -OCH3 is 1. The average Bonchev–Trinajstić information content (AvgIpc) is 3.62. The van der Waals surface area contributed by atoms with E-state index < -0.39 is 18.2 Å². The largest absolute Gasteiger partial charge is 0.469 e. The number of para-hydroxylation sites is 1. The normalized spacial score (nSPS) is 15.8. The summed E-state index contributed by atoms with van der Waals surface area (Å²) in [6.45, 7) is 0. The number of nitrogens with zero attached hydrogens (tertiary/aromatic N) is 1. The minimum atomic E-state index is -1.00. The molecule has 6 heteroatoms. The van der Waals surface area contributed by atoms with Crippen LogP contribution in [0.25, 0.3) is 28.1 Å². The number of benzene rings is 2. The highest BCUT2D eigenvalue weighted by atomic mass is 19.1. The van der Waals surface area contributed by atoms with Crippen molar-refractivity contribution in [2.45, 2.75) is 43.8 Å². The topological polar surface area (TPSA) is 79.7 Å². The second-order valence-electron chi connectivity index (χ2n) is 8.18. The maximum Gasteiger partial charge on any atom is 0.308 e. The molecule has 0 saturated heterocycles. The number of esters is 1. The summed E-state index contributed by atoms with van der Waals surface area (Å²) in [6, 6.07) is 14.2. The fourth-order valence-corrected chi connectivity index (χ4v) is 3.93. The SMILES string of the molecule is COC(=O)C[C@H](O)C[C@H](O)C=Cc1c(C2CC2)nc2ccccc2c1-c1ccc(F)cc1. The van der Waals surface area contributed by atoms with Gasteiger partial charge in [-0.3, -0.25) is 9.78 Å². The van der Waals surface area contributed by atoms with Gasteiger partial charge in [0.05, 0.1) is 36.9 Å². The zero-order valence-electron chi connectivity index (χ0n) is 17.9. The molecule has 166 valence electrons. The summed E-state index contributed by atoms with van der Waals surface area (Å²) in [6.07, 6.45) is 3.44. The van der Waals surface area contributed by atoms with Gasteiger partial charge >= 0.3 is 5.97 Å². The molecular formula is C26H26FNO4. The second kappa shape index (κ2) is 9.59. The molecule has 3 aromatic rings. The Morgan fingerprint density at radius 3 is 2.59 bits per heavy atom. The van der Waals surface area contributed by atoms with Crippen molar-refractivity contribution in [3.8, 4) is 11.1 Å². The predicted octanol–water partition coefficient (Wildman–Crippen LogP) is 4.61. The van der Waals surface area contributed by atoms with Gasteiger partial charge in [0.25, 0.3) is 0 Å². The van der Waals surface area contributed by atoms with Crippen LogP contribution in [0.15, 0.2) is 54.6 Å². The van der Waals surface area contributed by atoms with Crippen LogP contribution in [0.4, 0.5) is 4.39 Å². The van der Waals surface area contributed by atoms with Gasteiger partial charge in [-0.05, 0) is 36.6 Å². The molecule has 0 aliphatic heterocycles. The van der Waals surface area contributed by atoms with E-state index in [9.17, 15) is 19.4 Å². The average molecular weight is 435 g/mol. The van der Waals surface area contributed by atoms with E-state index in [-0.39, 0.29) is 18.7 Å². The maximum atomic E-state index is 13.6. The standard InChI is InChI=1S/C26H26FNO4/c1-32-24(31)15-20(30)14-19(29)12-13-22-25(16-8-10-18(27)11-9-16)21-4-2-3-5-23(21)28-26(22)17-6-7-17/h2-5,8-13,17,19-20,29-30H,6-7,14-15H2,1H3/t19-,20-/m1/s1. The number of aliphatic hydroxyl groups excluding tert-OH is 2. The number of carbonyl (C=O) groups is 1. The lowest BCUT2D eigenvalue weighted by molar-refractivity contribution is -0.143. The number of hydrogen-bond donors (Lipinski definition) is 2. The third-order valence-electron chi connectivity index (χ3n) is 5.69. The Bertz CT molecular complexity index is 1140. The molecule has 0 unspecified atom stereocenters. The molecule has 32 heavy (non-hydrogen) atoms. The van der Waals surface area contributed by atoms with Crippen molar-refractivity contribution in [1.29, 1.82) is 0 Å². The fraction of sp³-hybridized carbons (Fsp3) is 0.308. The van der Waals surface area contributed by atoms with Gasteiger partial charge in [-0.15, -0.1) is 0 Å². The number of carbonyl (C=O) groups excluding carboxylic acids is 1. The number of rotatable bonds is 8. The number of ether oxygens (including phenoxy) is 1. The van der Waals surface area contributed by atoms with Gasteiger partial charge in [0, 0.05) is 28.9 Å². The lowest BCUT2D eigenvalue weighted by Gasteiger charge is -2.16. The molecule has 4 rings (SSSR count). The van der Waals surface area contributed by atoms with Crippen LogP contribution in [0.3, 0.4) is 0 Å². The first-order valence-corrected chi connectivity index (χ1v) is 10.8. The molecule has 1 aliphatic rings. The lowest BCUT2D eigenvalue weighted by Crippen LogP contribution is -2.20. The molecule has 1 fully saturated rings. The molecule has 5 nitrogen and oxygen atoms in total. The van der Waals surface area contributed by atoms with E-state index in [1.807, 2.05) is 30.3 Å². The number of fused-ring (bicyclic) bond motifs is 1. The number of aliphatic hydroxyl groups is 2. The zero-order chi connectivity index (χ0) is 22.7. The van der Waals surface area contributed by atoms with Crippen molar-refractivity contribution in [1.82, 2.24) is 4.98 Å². The molecule has 2 N–H and O–H groups in total. The van der Waals surface area contributed by atoms with Crippen LogP contribution in [-0.4, -0.2) is 40.5 Å². The Kier molecular flexibility index (Phi) is 6.63. The van der Waals surface area contributed by atoms with E-state index >= 15 is 0 Å². The van der Waals surface area contributed by atoms with Gasteiger partial charge in [-0.1, -0.05) is 42.5 Å². The molecule has 0 radical (unpaired) electrons. The summed E-state index contributed by atoms with van der Waals surface area (Å²) in [4.78, 5) is 16.3. The van der Waals surface area contributed by atoms with E-state index in [4.69, 9.17) is 4.98 Å². The van der Waals surface area contributed by atoms with Crippen molar-refractivity contribution in [3.05, 3.63) is 71.7 Å². The number of aromatic nitrogens is 1. The van der Waals surface area contributed by atoms with Crippen LogP contribution in [0.5, 0.6) is 0 Å².